The summed E-state index contributed by atoms with van der Waals surface area (Å²) < 4.78 is 5.23. The second-order valence-electron chi connectivity index (χ2n) is 7.38. The Morgan fingerprint density at radius 1 is 1.33 bits per heavy atom. The number of nitrogens with zero attached hydrogens (tertiary/aromatic N) is 1. The van der Waals surface area contributed by atoms with Gasteiger partial charge < -0.3 is 20.7 Å². The topological polar surface area (TPSA) is 84.7 Å². The minimum atomic E-state index is -0.813. The van der Waals surface area contributed by atoms with Crippen LogP contribution in [0, 0.1) is 0 Å². The van der Waals surface area contributed by atoms with Crippen molar-refractivity contribution in [2.45, 2.75) is 63.3 Å². The van der Waals surface area contributed by atoms with Crippen LogP contribution in [0.3, 0.4) is 0 Å². The van der Waals surface area contributed by atoms with Crippen LogP contribution in [0.1, 0.15) is 49.8 Å². The van der Waals surface area contributed by atoms with Gasteiger partial charge in [-0.3, -0.25) is 9.59 Å². The van der Waals surface area contributed by atoms with Crippen molar-refractivity contribution in [1.82, 2.24) is 10.2 Å². The Morgan fingerprint density at radius 2 is 2.11 bits per heavy atom. The first-order chi connectivity index (χ1) is 13.0. The predicted octanol–water partition coefficient (Wildman–Crippen LogP) is 2.05. The van der Waals surface area contributed by atoms with Gasteiger partial charge in [0.05, 0.1) is 12.3 Å². The van der Waals surface area contributed by atoms with Gasteiger partial charge in [0.2, 0.25) is 11.8 Å². The van der Waals surface area contributed by atoms with Gasteiger partial charge in [-0.05, 0) is 50.2 Å². The van der Waals surface area contributed by atoms with Crippen molar-refractivity contribution < 1.29 is 14.3 Å². The van der Waals surface area contributed by atoms with Crippen LogP contribution in [0.4, 0.5) is 0 Å². The molecule has 0 spiro atoms. The Hall–Kier alpha value is -2.34. The van der Waals surface area contributed by atoms with Gasteiger partial charge in [-0.15, -0.1) is 0 Å². The van der Waals surface area contributed by atoms with Crippen molar-refractivity contribution in [2.24, 2.45) is 5.73 Å². The molecule has 6 nitrogen and oxygen atoms in total. The molecule has 0 unspecified atom stereocenters. The number of rotatable bonds is 6. The molecule has 146 valence electrons. The van der Waals surface area contributed by atoms with Crippen LogP contribution < -0.4 is 11.1 Å². The summed E-state index contributed by atoms with van der Waals surface area (Å²) in [5.74, 6) is -0.335. The number of ether oxygens (including phenoxy) is 1. The first kappa shape index (κ1) is 19.4. The molecule has 2 amide bonds. The van der Waals surface area contributed by atoms with Crippen LogP contribution in [0.25, 0.3) is 0 Å². The standard InChI is InChI=1S/C21H29N3O3/c1-3-27-14(2)19(22)21(26)24-13-7-12-18(24)20(25)23-17-11-6-9-15-8-4-5-10-16(15)17/h3-5,8,10,14,17-19H,1,6-7,9,11-13,22H2,2H3,(H,23,25)/t14-,17-,18+,19+/m1/s1. The number of hydrogen-bond donors (Lipinski definition) is 2. The molecule has 1 aromatic rings. The van der Waals surface area contributed by atoms with Crippen molar-refractivity contribution in [1.29, 1.82) is 0 Å². The molecule has 0 bridgehead atoms. The van der Waals surface area contributed by atoms with Crippen molar-refractivity contribution in [3.63, 3.8) is 0 Å². The number of fused-ring (bicyclic) bond motifs is 1. The quantitative estimate of drug-likeness (QED) is 0.750. The smallest absolute Gasteiger partial charge is 0.243 e. The number of likely N-dealkylation sites (tertiary alicyclic amines) is 1. The molecule has 0 saturated carbocycles. The second-order valence-corrected chi connectivity index (χ2v) is 7.38. The van der Waals surface area contributed by atoms with E-state index in [1.165, 1.54) is 17.4 Å². The zero-order chi connectivity index (χ0) is 19.4. The normalized spacial score (nSPS) is 23.9. The van der Waals surface area contributed by atoms with E-state index < -0.39 is 18.2 Å². The third kappa shape index (κ3) is 4.16. The van der Waals surface area contributed by atoms with Gasteiger partial charge >= 0.3 is 0 Å². The molecule has 1 heterocycles. The molecule has 1 aliphatic heterocycles. The maximum absolute atomic E-state index is 13.0. The predicted molar refractivity (Wildman–Crippen MR) is 104 cm³/mol. The Kier molecular flexibility index (Phi) is 6.16. The highest BCUT2D eigenvalue weighted by Crippen LogP contribution is 2.30. The number of carbonyl (C=O) groups excluding carboxylic acids is 2. The van der Waals surface area contributed by atoms with Crippen LogP contribution in [-0.4, -0.2) is 41.4 Å². The van der Waals surface area contributed by atoms with E-state index in [4.69, 9.17) is 10.5 Å². The highest BCUT2D eigenvalue weighted by molar-refractivity contribution is 5.90. The van der Waals surface area contributed by atoms with E-state index >= 15 is 0 Å². The van der Waals surface area contributed by atoms with Gasteiger partial charge in [0, 0.05) is 6.54 Å². The fraction of sp³-hybridized carbons (Fsp3) is 0.524. The van der Waals surface area contributed by atoms with E-state index in [0.717, 1.165) is 25.7 Å². The molecule has 6 heteroatoms. The monoisotopic (exact) mass is 371 g/mol. The molecule has 0 aromatic heterocycles. The van der Waals surface area contributed by atoms with E-state index in [0.29, 0.717) is 13.0 Å². The highest BCUT2D eigenvalue weighted by Gasteiger charge is 2.38. The van der Waals surface area contributed by atoms with E-state index in [2.05, 4.69) is 24.0 Å². The van der Waals surface area contributed by atoms with E-state index in [1.807, 2.05) is 12.1 Å². The van der Waals surface area contributed by atoms with Crippen LogP contribution in [0.15, 0.2) is 37.1 Å². The molecule has 1 saturated heterocycles. The number of hydrogen-bond acceptors (Lipinski definition) is 4. The molecule has 3 N–H and O–H groups in total. The first-order valence-corrected chi connectivity index (χ1v) is 9.73. The second kappa shape index (κ2) is 8.57. The lowest BCUT2D eigenvalue weighted by Gasteiger charge is -2.31. The van der Waals surface area contributed by atoms with Crippen molar-refractivity contribution >= 4 is 11.8 Å². The summed E-state index contributed by atoms with van der Waals surface area (Å²) in [6.45, 7) is 5.78. The van der Waals surface area contributed by atoms with Crippen LogP contribution in [0.5, 0.6) is 0 Å². The average Bonchev–Trinajstić information content (AvgIpc) is 3.17. The molecule has 2 aliphatic rings. The number of nitrogens with one attached hydrogen (secondary N) is 1. The maximum atomic E-state index is 13.0. The molecule has 0 radical (unpaired) electrons. The summed E-state index contributed by atoms with van der Waals surface area (Å²) in [4.78, 5) is 27.3. The van der Waals surface area contributed by atoms with Gasteiger partial charge in [-0.2, -0.15) is 0 Å². The number of benzene rings is 1. The first-order valence-electron chi connectivity index (χ1n) is 9.73. The molecule has 1 aromatic carbocycles. The van der Waals surface area contributed by atoms with E-state index in [1.54, 1.807) is 11.8 Å². The van der Waals surface area contributed by atoms with Gasteiger partial charge in [0.1, 0.15) is 18.2 Å². The maximum Gasteiger partial charge on any atom is 0.243 e. The number of carbonyl (C=O) groups is 2. The lowest BCUT2D eigenvalue weighted by molar-refractivity contribution is -0.141. The lowest BCUT2D eigenvalue weighted by atomic mass is 9.87. The number of nitrogens with two attached hydrogens (primary N) is 1. The summed E-state index contributed by atoms with van der Waals surface area (Å²) in [5.41, 5.74) is 8.53. The zero-order valence-corrected chi connectivity index (χ0v) is 15.9. The minimum Gasteiger partial charge on any atom is -0.497 e. The lowest BCUT2D eigenvalue weighted by Crippen LogP contribution is -2.54. The van der Waals surface area contributed by atoms with E-state index in [9.17, 15) is 9.59 Å². The fourth-order valence-electron chi connectivity index (χ4n) is 4.10. The summed E-state index contributed by atoms with van der Waals surface area (Å²) in [7, 11) is 0. The molecular weight excluding hydrogens is 342 g/mol. The van der Waals surface area contributed by atoms with Crippen molar-refractivity contribution in [3.05, 3.63) is 48.2 Å². The Bertz CT molecular complexity index is 706. The molecule has 1 fully saturated rings. The highest BCUT2D eigenvalue weighted by atomic mass is 16.5. The molecule has 4 atom stereocenters. The number of aryl methyl sites for hydroxylation is 1. The third-order valence-corrected chi connectivity index (χ3v) is 5.63. The Morgan fingerprint density at radius 3 is 2.89 bits per heavy atom. The summed E-state index contributed by atoms with van der Waals surface area (Å²) in [6.07, 6.45) is 5.29. The number of amides is 2. The summed E-state index contributed by atoms with van der Waals surface area (Å²) in [6, 6.07) is 6.99. The zero-order valence-electron chi connectivity index (χ0n) is 15.9. The molecule has 1 aliphatic carbocycles. The molecule has 27 heavy (non-hydrogen) atoms. The van der Waals surface area contributed by atoms with Crippen molar-refractivity contribution in [3.8, 4) is 0 Å². The SMILES string of the molecule is C=CO[C@H](C)[C@H](N)C(=O)N1CCC[C@H]1C(=O)N[C@@H]1CCCc2ccccc21. The van der Waals surface area contributed by atoms with Gasteiger partial charge in [-0.1, -0.05) is 30.8 Å². The van der Waals surface area contributed by atoms with Crippen LogP contribution in [0.2, 0.25) is 0 Å². The third-order valence-electron chi connectivity index (χ3n) is 5.63. The van der Waals surface area contributed by atoms with Crippen LogP contribution in [-0.2, 0) is 20.7 Å². The largest absolute Gasteiger partial charge is 0.497 e. The summed E-state index contributed by atoms with van der Waals surface area (Å²) >= 11 is 0. The molecule has 3 rings (SSSR count). The van der Waals surface area contributed by atoms with Crippen LogP contribution >= 0.6 is 0 Å². The van der Waals surface area contributed by atoms with E-state index in [-0.39, 0.29) is 17.9 Å². The van der Waals surface area contributed by atoms with Gasteiger partial charge in [-0.25, -0.2) is 0 Å². The van der Waals surface area contributed by atoms with Gasteiger partial charge in [0.15, 0.2) is 0 Å². The summed E-state index contributed by atoms with van der Waals surface area (Å²) in [5, 5.41) is 3.17. The molecular formula is C21H29N3O3. The fourth-order valence-corrected chi connectivity index (χ4v) is 4.10. The minimum absolute atomic E-state index is 0.0108. The van der Waals surface area contributed by atoms with Gasteiger partial charge in [0.25, 0.3) is 0 Å². The Labute approximate surface area is 160 Å². The average molecular weight is 371 g/mol. The van der Waals surface area contributed by atoms with Crippen molar-refractivity contribution in [2.75, 3.05) is 6.54 Å². The Balaban J connectivity index is 1.68.